The first kappa shape index (κ1) is 14.3. The highest BCUT2D eigenvalue weighted by Gasteiger charge is 2.36. The van der Waals surface area contributed by atoms with Crippen LogP contribution in [-0.2, 0) is 0 Å². The smallest absolute Gasteiger partial charge is 0.319 e. The molecular formula is C16H24N4O. The second kappa shape index (κ2) is 6.02. The molecule has 2 N–H and O–H groups in total. The van der Waals surface area contributed by atoms with Crippen LogP contribution in [0.5, 0.6) is 0 Å². The number of amides is 2. The van der Waals surface area contributed by atoms with Gasteiger partial charge in [-0.1, -0.05) is 6.42 Å². The highest BCUT2D eigenvalue weighted by Crippen LogP contribution is 2.32. The number of aryl methyl sites for hydroxylation is 1. The van der Waals surface area contributed by atoms with Gasteiger partial charge in [0.1, 0.15) is 0 Å². The Labute approximate surface area is 126 Å². The molecule has 1 aromatic heterocycles. The molecule has 0 spiro atoms. The maximum absolute atomic E-state index is 12.1. The number of nitrogens with one attached hydrogen (secondary N) is 2. The van der Waals surface area contributed by atoms with Crippen molar-refractivity contribution in [2.24, 2.45) is 0 Å². The van der Waals surface area contributed by atoms with Crippen LogP contribution in [0.2, 0.25) is 0 Å². The quantitative estimate of drug-likeness (QED) is 0.879. The van der Waals surface area contributed by atoms with E-state index in [1.807, 2.05) is 19.1 Å². The molecule has 0 saturated carbocycles. The summed E-state index contributed by atoms with van der Waals surface area (Å²) >= 11 is 0. The second-order valence-electron chi connectivity index (χ2n) is 6.36. The Morgan fingerprint density at radius 3 is 2.71 bits per heavy atom. The predicted octanol–water partition coefficient (Wildman–Crippen LogP) is 2.53. The van der Waals surface area contributed by atoms with Gasteiger partial charge in [-0.3, -0.25) is 4.98 Å². The van der Waals surface area contributed by atoms with E-state index in [0.29, 0.717) is 18.1 Å². The zero-order chi connectivity index (χ0) is 14.8. The van der Waals surface area contributed by atoms with Gasteiger partial charge in [0.05, 0.1) is 0 Å². The summed E-state index contributed by atoms with van der Waals surface area (Å²) in [4.78, 5) is 18.8. The van der Waals surface area contributed by atoms with Crippen molar-refractivity contribution in [1.82, 2.24) is 15.2 Å². The molecule has 1 aromatic rings. The number of carbonyl (C=O) groups excluding carboxylic acids is 1. The lowest BCUT2D eigenvalue weighted by Crippen LogP contribution is -2.55. The van der Waals surface area contributed by atoms with Gasteiger partial charge in [-0.2, -0.15) is 0 Å². The van der Waals surface area contributed by atoms with Crippen molar-refractivity contribution >= 4 is 11.7 Å². The van der Waals surface area contributed by atoms with Gasteiger partial charge in [0.15, 0.2) is 0 Å². The van der Waals surface area contributed by atoms with Gasteiger partial charge in [-0.15, -0.1) is 0 Å². The zero-order valence-corrected chi connectivity index (χ0v) is 12.8. The van der Waals surface area contributed by atoms with Crippen molar-refractivity contribution in [2.75, 3.05) is 12.4 Å². The number of rotatable bonds is 2. The molecule has 0 aliphatic carbocycles. The van der Waals surface area contributed by atoms with Gasteiger partial charge in [0.2, 0.25) is 0 Å². The highest BCUT2D eigenvalue weighted by atomic mass is 16.2. The fraction of sp³-hybridized carbons (Fsp3) is 0.625. The summed E-state index contributed by atoms with van der Waals surface area (Å²) in [7, 11) is 2.23. The molecule has 2 bridgehead atoms. The monoisotopic (exact) mass is 288 g/mol. The van der Waals surface area contributed by atoms with Crippen LogP contribution < -0.4 is 10.6 Å². The Bertz CT molecular complexity index is 505. The average Bonchev–Trinajstić information content (AvgIpc) is 2.40. The topological polar surface area (TPSA) is 57.3 Å². The molecular weight excluding hydrogens is 264 g/mol. The summed E-state index contributed by atoms with van der Waals surface area (Å²) in [6.07, 6.45) is 7.69. The number of nitrogens with zero attached hydrogens (tertiary/aromatic N) is 2. The van der Waals surface area contributed by atoms with E-state index in [4.69, 9.17) is 0 Å². The maximum atomic E-state index is 12.1. The van der Waals surface area contributed by atoms with Gasteiger partial charge in [-0.25, -0.2) is 4.79 Å². The van der Waals surface area contributed by atoms with Crippen molar-refractivity contribution in [3.63, 3.8) is 0 Å². The number of anilines is 1. The molecule has 21 heavy (non-hydrogen) atoms. The third-order valence-electron chi connectivity index (χ3n) is 4.83. The van der Waals surface area contributed by atoms with Crippen LogP contribution in [0, 0.1) is 6.92 Å². The number of hydrogen-bond donors (Lipinski definition) is 2. The van der Waals surface area contributed by atoms with E-state index in [1.54, 1.807) is 6.20 Å². The van der Waals surface area contributed by atoms with E-state index in [0.717, 1.165) is 24.2 Å². The first-order valence-corrected chi connectivity index (χ1v) is 7.84. The summed E-state index contributed by atoms with van der Waals surface area (Å²) in [6, 6.07) is 5.14. The van der Waals surface area contributed by atoms with Crippen LogP contribution >= 0.6 is 0 Å². The summed E-state index contributed by atoms with van der Waals surface area (Å²) in [5.41, 5.74) is 1.70. The van der Waals surface area contributed by atoms with E-state index >= 15 is 0 Å². The van der Waals surface area contributed by atoms with Gasteiger partial charge in [-0.05, 0) is 51.8 Å². The number of piperidine rings is 2. The molecule has 5 heteroatoms. The lowest BCUT2D eigenvalue weighted by Gasteiger charge is -2.47. The zero-order valence-electron chi connectivity index (χ0n) is 12.8. The van der Waals surface area contributed by atoms with Gasteiger partial charge >= 0.3 is 6.03 Å². The van der Waals surface area contributed by atoms with Crippen LogP contribution in [0.15, 0.2) is 18.3 Å². The van der Waals surface area contributed by atoms with Crippen LogP contribution in [0.25, 0.3) is 0 Å². The lowest BCUT2D eigenvalue weighted by atomic mass is 9.82. The summed E-state index contributed by atoms with van der Waals surface area (Å²) in [5.74, 6) is 0. The molecule has 3 rings (SSSR count). The SMILES string of the molecule is Cc1cc(NC(=O)NC2C[C@H]3CCC[C@@H](C2)N3C)ccn1. The molecule has 1 unspecified atom stereocenters. The fourth-order valence-electron chi connectivity index (χ4n) is 3.71. The Balaban J connectivity index is 1.56. The maximum Gasteiger partial charge on any atom is 0.319 e. The third-order valence-corrected chi connectivity index (χ3v) is 4.83. The molecule has 2 aliphatic heterocycles. The van der Waals surface area contributed by atoms with Crippen molar-refractivity contribution in [3.8, 4) is 0 Å². The summed E-state index contributed by atoms with van der Waals surface area (Å²) in [6.45, 7) is 1.92. The van der Waals surface area contributed by atoms with Gasteiger partial charge < -0.3 is 15.5 Å². The van der Waals surface area contributed by atoms with Crippen molar-refractivity contribution in [3.05, 3.63) is 24.0 Å². The molecule has 0 radical (unpaired) electrons. The van der Waals surface area contributed by atoms with Crippen LogP contribution in [-0.4, -0.2) is 41.1 Å². The molecule has 2 aliphatic rings. The standard InChI is InChI=1S/C16H24N4O/c1-11-8-12(6-7-17-11)18-16(21)19-13-9-14-4-3-5-15(10-13)20(14)2/h6-8,13-15H,3-5,9-10H2,1-2H3,(H2,17,18,19,21)/t13?,14-,15+. The minimum Gasteiger partial charge on any atom is -0.335 e. The third kappa shape index (κ3) is 3.35. The first-order chi connectivity index (χ1) is 10.1. The van der Waals surface area contributed by atoms with Gasteiger partial charge in [0, 0.05) is 35.7 Å². The number of fused-ring (bicyclic) bond motifs is 2. The summed E-state index contributed by atoms with van der Waals surface area (Å²) < 4.78 is 0. The molecule has 3 heterocycles. The fourth-order valence-corrected chi connectivity index (χ4v) is 3.71. The van der Waals surface area contributed by atoms with E-state index in [1.165, 1.54) is 19.3 Å². The Kier molecular flexibility index (Phi) is 4.10. The molecule has 2 saturated heterocycles. The molecule has 0 aromatic carbocycles. The molecule has 5 nitrogen and oxygen atoms in total. The Morgan fingerprint density at radius 1 is 1.33 bits per heavy atom. The number of carbonyl (C=O) groups is 1. The van der Waals surface area contributed by atoms with E-state index in [2.05, 4.69) is 27.6 Å². The number of pyridine rings is 1. The number of hydrogen-bond acceptors (Lipinski definition) is 3. The Morgan fingerprint density at radius 2 is 2.05 bits per heavy atom. The molecule has 2 amide bonds. The largest absolute Gasteiger partial charge is 0.335 e. The predicted molar refractivity (Wildman–Crippen MR) is 83.3 cm³/mol. The number of aromatic nitrogens is 1. The average molecular weight is 288 g/mol. The Hall–Kier alpha value is -1.62. The van der Waals surface area contributed by atoms with Crippen molar-refractivity contribution in [1.29, 1.82) is 0 Å². The normalized spacial score (nSPS) is 29.0. The van der Waals surface area contributed by atoms with Crippen LogP contribution in [0.1, 0.15) is 37.8 Å². The van der Waals surface area contributed by atoms with Crippen molar-refractivity contribution < 1.29 is 4.79 Å². The second-order valence-corrected chi connectivity index (χ2v) is 6.36. The highest BCUT2D eigenvalue weighted by molar-refractivity contribution is 5.89. The van der Waals surface area contributed by atoms with E-state index in [-0.39, 0.29) is 6.03 Å². The minimum absolute atomic E-state index is 0.103. The molecule has 2 fully saturated rings. The van der Waals surface area contributed by atoms with Gasteiger partial charge in [0.25, 0.3) is 0 Å². The van der Waals surface area contributed by atoms with E-state index < -0.39 is 0 Å². The van der Waals surface area contributed by atoms with E-state index in [9.17, 15) is 4.79 Å². The number of urea groups is 1. The minimum atomic E-state index is -0.103. The van der Waals surface area contributed by atoms with Crippen LogP contribution in [0.4, 0.5) is 10.5 Å². The van der Waals surface area contributed by atoms with Crippen molar-refractivity contribution in [2.45, 2.75) is 57.2 Å². The molecule has 3 atom stereocenters. The van der Waals surface area contributed by atoms with Crippen LogP contribution in [0.3, 0.4) is 0 Å². The summed E-state index contributed by atoms with van der Waals surface area (Å²) in [5, 5.41) is 6.04. The molecule has 114 valence electrons. The lowest BCUT2D eigenvalue weighted by molar-refractivity contribution is 0.0513. The first-order valence-electron chi connectivity index (χ1n) is 7.84.